The van der Waals surface area contributed by atoms with E-state index in [1.807, 2.05) is 0 Å². The zero-order chi connectivity index (χ0) is 13.7. The summed E-state index contributed by atoms with van der Waals surface area (Å²) in [6.07, 6.45) is -3.08. The topological polar surface area (TPSA) is 48.4 Å². The van der Waals surface area contributed by atoms with Crippen molar-refractivity contribution in [1.82, 2.24) is 4.98 Å². The number of methoxy groups -OCH3 is 2. The van der Waals surface area contributed by atoms with E-state index in [0.29, 0.717) is 0 Å². The molecule has 0 spiro atoms. The maximum absolute atomic E-state index is 12.8. The number of ether oxygens (including phenoxy) is 2. The summed E-state index contributed by atoms with van der Waals surface area (Å²) in [5.41, 5.74) is -0.192. The Labute approximate surface area is 108 Å². The van der Waals surface area contributed by atoms with Gasteiger partial charge >= 0.3 is 5.97 Å². The van der Waals surface area contributed by atoms with Gasteiger partial charge in [0.25, 0.3) is 6.43 Å². The monoisotopic (exact) mass is 279 g/mol. The average molecular weight is 280 g/mol. The second-order valence-corrected chi connectivity index (χ2v) is 3.64. The molecule has 0 radical (unpaired) electrons. The highest BCUT2D eigenvalue weighted by atomic mass is 35.5. The van der Waals surface area contributed by atoms with Crippen molar-refractivity contribution in [2.45, 2.75) is 18.7 Å². The summed E-state index contributed by atoms with van der Waals surface area (Å²) in [5.74, 6) is -0.408. The lowest BCUT2D eigenvalue weighted by molar-refractivity contribution is -0.139. The number of pyridine rings is 1. The fourth-order valence-corrected chi connectivity index (χ4v) is 1.61. The maximum atomic E-state index is 12.8. The second-order valence-electron chi connectivity index (χ2n) is 3.37. The van der Waals surface area contributed by atoms with Crippen molar-refractivity contribution in [2.75, 3.05) is 14.2 Å². The number of esters is 1. The number of aromatic nitrogens is 1. The molecule has 0 N–H and O–H groups in total. The molecule has 0 amide bonds. The van der Waals surface area contributed by atoms with Gasteiger partial charge < -0.3 is 9.47 Å². The predicted octanol–water partition coefficient (Wildman–Crippen LogP) is 2.48. The molecule has 7 heteroatoms. The van der Waals surface area contributed by atoms with E-state index in [0.717, 1.165) is 0 Å². The van der Waals surface area contributed by atoms with Gasteiger partial charge in [0.05, 0.1) is 32.2 Å². The predicted molar refractivity (Wildman–Crippen MR) is 61.0 cm³/mol. The van der Waals surface area contributed by atoms with E-state index in [2.05, 4.69) is 9.72 Å². The van der Waals surface area contributed by atoms with Crippen LogP contribution in [0.4, 0.5) is 8.78 Å². The Morgan fingerprint density at radius 2 is 2.17 bits per heavy atom. The van der Waals surface area contributed by atoms with Crippen LogP contribution in [0.5, 0.6) is 5.75 Å². The Morgan fingerprint density at radius 3 is 2.61 bits per heavy atom. The minimum Gasteiger partial charge on any atom is -0.495 e. The number of hydrogen-bond acceptors (Lipinski definition) is 4. The van der Waals surface area contributed by atoms with Crippen molar-refractivity contribution < 1.29 is 23.0 Å². The summed E-state index contributed by atoms with van der Waals surface area (Å²) in [4.78, 5) is 14.9. The van der Waals surface area contributed by atoms with Crippen LogP contribution < -0.4 is 4.74 Å². The summed E-state index contributed by atoms with van der Waals surface area (Å²) in [6, 6.07) is 1.34. The number of halogens is 3. The van der Waals surface area contributed by atoms with E-state index in [-0.39, 0.29) is 29.3 Å². The minimum absolute atomic E-state index is 0.0542. The highest BCUT2D eigenvalue weighted by molar-refractivity contribution is 6.17. The molecule has 1 rings (SSSR count). The van der Waals surface area contributed by atoms with E-state index in [4.69, 9.17) is 16.3 Å². The van der Waals surface area contributed by atoms with Gasteiger partial charge in [0.1, 0.15) is 11.4 Å². The average Bonchev–Trinajstić information content (AvgIpc) is 2.37. The van der Waals surface area contributed by atoms with Crippen molar-refractivity contribution in [3.8, 4) is 5.75 Å². The molecule has 0 unspecified atom stereocenters. The van der Waals surface area contributed by atoms with Gasteiger partial charge in [0.15, 0.2) is 0 Å². The summed E-state index contributed by atoms with van der Waals surface area (Å²) in [5, 5.41) is 0. The lowest BCUT2D eigenvalue weighted by Crippen LogP contribution is -2.10. The number of rotatable bonds is 5. The molecule has 0 fully saturated rings. The zero-order valence-corrected chi connectivity index (χ0v) is 10.6. The zero-order valence-electron chi connectivity index (χ0n) is 9.87. The van der Waals surface area contributed by atoms with Crippen molar-refractivity contribution in [1.29, 1.82) is 0 Å². The van der Waals surface area contributed by atoms with Gasteiger partial charge in [-0.05, 0) is 11.6 Å². The number of carbonyl (C=O) groups is 1. The lowest BCUT2D eigenvalue weighted by Gasteiger charge is -2.12. The fraction of sp³-hybridized carbons (Fsp3) is 0.455. The molecule has 100 valence electrons. The van der Waals surface area contributed by atoms with E-state index in [9.17, 15) is 13.6 Å². The molecular weight excluding hydrogens is 268 g/mol. The van der Waals surface area contributed by atoms with Crippen LogP contribution in [0.15, 0.2) is 6.07 Å². The van der Waals surface area contributed by atoms with E-state index < -0.39 is 18.1 Å². The van der Waals surface area contributed by atoms with Crippen molar-refractivity contribution in [3.63, 3.8) is 0 Å². The molecule has 1 heterocycles. The Kier molecular flexibility index (Phi) is 5.27. The van der Waals surface area contributed by atoms with Crippen LogP contribution in [0.2, 0.25) is 0 Å². The van der Waals surface area contributed by atoms with E-state index in [1.165, 1.54) is 20.3 Å². The molecular formula is C11H12ClF2NO3. The van der Waals surface area contributed by atoms with Gasteiger partial charge in [-0.3, -0.25) is 4.79 Å². The molecule has 0 atom stereocenters. The van der Waals surface area contributed by atoms with Crippen LogP contribution in [0.3, 0.4) is 0 Å². The van der Waals surface area contributed by atoms with Crippen LogP contribution in [0.1, 0.15) is 23.4 Å². The van der Waals surface area contributed by atoms with Gasteiger partial charge in [0, 0.05) is 0 Å². The fourth-order valence-electron chi connectivity index (χ4n) is 1.42. The van der Waals surface area contributed by atoms with Gasteiger partial charge in [0.2, 0.25) is 0 Å². The Hall–Kier alpha value is -1.43. The maximum Gasteiger partial charge on any atom is 0.310 e. The quantitative estimate of drug-likeness (QED) is 0.614. The molecule has 0 aliphatic carbocycles. The van der Waals surface area contributed by atoms with E-state index in [1.54, 1.807) is 0 Å². The second kappa shape index (κ2) is 6.49. The van der Waals surface area contributed by atoms with Crippen LogP contribution in [-0.4, -0.2) is 25.2 Å². The third kappa shape index (κ3) is 3.29. The van der Waals surface area contributed by atoms with Gasteiger partial charge in [-0.2, -0.15) is 0 Å². The molecule has 0 bridgehead atoms. The van der Waals surface area contributed by atoms with Crippen LogP contribution in [0.25, 0.3) is 0 Å². The summed E-state index contributed by atoms with van der Waals surface area (Å²) in [7, 11) is 2.55. The number of alkyl halides is 3. The molecule has 0 aromatic carbocycles. The van der Waals surface area contributed by atoms with E-state index >= 15 is 0 Å². The number of carbonyl (C=O) groups excluding carboxylic acids is 1. The first kappa shape index (κ1) is 14.6. The van der Waals surface area contributed by atoms with Gasteiger partial charge in [-0.15, -0.1) is 11.6 Å². The Balaban J connectivity index is 3.24. The molecule has 0 aliphatic rings. The Morgan fingerprint density at radius 1 is 1.50 bits per heavy atom. The molecule has 0 aliphatic heterocycles. The number of hydrogen-bond donors (Lipinski definition) is 0. The van der Waals surface area contributed by atoms with Crippen molar-refractivity contribution in [3.05, 3.63) is 23.0 Å². The largest absolute Gasteiger partial charge is 0.495 e. The summed E-state index contributed by atoms with van der Waals surface area (Å²) in [6.45, 7) is 0. The molecule has 0 saturated carbocycles. The molecule has 4 nitrogen and oxygen atoms in total. The highest BCUT2D eigenvalue weighted by Crippen LogP contribution is 2.28. The van der Waals surface area contributed by atoms with Crippen molar-refractivity contribution >= 4 is 17.6 Å². The van der Waals surface area contributed by atoms with Crippen LogP contribution in [0, 0.1) is 0 Å². The SMILES string of the molecule is COC(=O)Cc1cc(OC)c(CCl)nc1C(F)F. The lowest BCUT2D eigenvalue weighted by atomic mass is 10.1. The minimum atomic E-state index is -2.79. The van der Waals surface area contributed by atoms with Crippen LogP contribution >= 0.6 is 11.6 Å². The van der Waals surface area contributed by atoms with Crippen LogP contribution in [-0.2, 0) is 21.8 Å². The number of nitrogens with zero attached hydrogens (tertiary/aromatic N) is 1. The summed E-state index contributed by atoms with van der Waals surface area (Å²) < 4.78 is 35.1. The molecule has 1 aromatic rings. The normalized spacial score (nSPS) is 10.6. The third-order valence-electron chi connectivity index (χ3n) is 2.29. The standard InChI is InChI=1S/C11H12ClF2NO3/c1-17-8-3-6(4-9(16)18-2)10(11(13)14)15-7(8)5-12/h3,11H,4-5H2,1-2H3. The highest BCUT2D eigenvalue weighted by Gasteiger charge is 2.20. The third-order valence-corrected chi connectivity index (χ3v) is 2.54. The first-order valence-corrected chi connectivity index (χ1v) is 5.54. The Bertz CT molecular complexity index is 441. The van der Waals surface area contributed by atoms with Gasteiger partial charge in [-0.25, -0.2) is 13.8 Å². The first-order valence-electron chi connectivity index (χ1n) is 5.01. The first-order chi connectivity index (χ1) is 8.53. The molecule has 1 aromatic heterocycles. The summed E-state index contributed by atoms with van der Waals surface area (Å²) >= 11 is 5.59. The smallest absolute Gasteiger partial charge is 0.310 e. The molecule has 0 saturated heterocycles. The van der Waals surface area contributed by atoms with Gasteiger partial charge in [-0.1, -0.05) is 0 Å². The van der Waals surface area contributed by atoms with Crippen molar-refractivity contribution in [2.24, 2.45) is 0 Å². The molecule has 18 heavy (non-hydrogen) atoms.